The average Bonchev–Trinajstić information content (AvgIpc) is 2.33. The van der Waals surface area contributed by atoms with Gasteiger partial charge in [0.15, 0.2) is 0 Å². The molecule has 1 unspecified atom stereocenters. The van der Waals surface area contributed by atoms with Gasteiger partial charge in [0.2, 0.25) is 0 Å². The molecule has 1 saturated heterocycles. The number of hydrogen-bond donors (Lipinski definition) is 1. The molecule has 0 radical (unpaired) electrons. The topological polar surface area (TPSA) is 35.2 Å². The quantitative estimate of drug-likeness (QED) is 0.905. The van der Waals surface area contributed by atoms with Crippen LogP contribution in [-0.4, -0.2) is 13.2 Å². The van der Waals surface area contributed by atoms with Crippen molar-refractivity contribution in [1.29, 1.82) is 0 Å². The minimum absolute atomic E-state index is 0.123. The fourth-order valence-electron chi connectivity index (χ4n) is 2.26. The summed E-state index contributed by atoms with van der Waals surface area (Å²) in [6.07, 6.45) is 2.14. The van der Waals surface area contributed by atoms with Crippen LogP contribution in [0.5, 0.6) is 0 Å². The van der Waals surface area contributed by atoms with Gasteiger partial charge in [-0.2, -0.15) is 0 Å². The van der Waals surface area contributed by atoms with Crippen LogP contribution in [0.3, 0.4) is 0 Å². The van der Waals surface area contributed by atoms with Crippen molar-refractivity contribution < 1.29 is 4.74 Å². The highest BCUT2D eigenvalue weighted by Crippen LogP contribution is 2.33. The third-order valence-corrected chi connectivity index (χ3v) is 4.44. The zero-order valence-electron chi connectivity index (χ0n) is 9.58. The fraction of sp³-hybridized carbons (Fsp3) is 0.538. The smallest absolute Gasteiger partial charge is 0.0469 e. The molecule has 0 aromatic heterocycles. The molecule has 0 aliphatic carbocycles. The second-order valence-corrected chi connectivity index (χ2v) is 5.25. The molecule has 1 aromatic carbocycles. The largest absolute Gasteiger partial charge is 0.381 e. The van der Waals surface area contributed by atoms with E-state index in [-0.39, 0.29) is 6.04 Å². The minimum atomic E-state index is 0.123. The Balaban J connectivity index is 2.19. The summed E-state index contributed by atoms with van der Waals surface area (Å²) >= 11 is 3.64. The van der Waals surface area contributed by atoms with Gasteiger partial charge in [0, 0.05) is 23.7 Å². The van der Waals surface area contributed by atoms with Gasteiger partial charge in [0.05, 0.1) is 0 Å². The zero-order chi connectivity index (χ0) is 11.5. The molecule has 88 valence electrons. The lowest BCUT2D eigenvalue weighted by Crippen LogP contribution is -2.27. The number of hydrogen-bond acceptors (Lipinski definition) is 2. The molecule has 2 N–H and O–H groups in total. The normalized spacial score (nSPS) is 19.7. The summed E-state index contributed by atoms with van der Waals surface area (Å²) in [7, 11) is 0. The standard InChI is InChI=1S/C13H18BrNO/c1-9-3-2-4-11(12(9)14)13(15)10-5-7-16-8-6-10/h2-4,10,13H,5-8,15H2,1H3. The van der Waals surface area contributed by atoms with Gasteiger partial charge in [0.25, 0.3) is 0 Å². The van der Waals surface area contributed by atoms with Crippen LogP contribution in [0.15, 0.2) is 22.7 Å². The molecule has 0 spiro atoms. The lowest BCUT2D eigenvalue weighted by atomic mass is 9.87. The van der Waals surface area contributed by atoms with E-state index >= 15 is 0 Å². The van der Waals surface area contributed by atoms with Gasteiger partial charge < -0.3 is 10.5 Å². The molecule has 2 rings (SSSR count). The van der Waals surface area contributed by atoms with E-state index in [1.165, 1.54) is 11.1 Å². The summed E-state index contributed by atoms with van der Waals surface area (Å²) < 4.78 is 6.53. The molecule has 1 aromatic rings. The van der Waals surface area contributed by atoms with E-state index in [1.54, 1.807) is 0 Å². The molecule has 2 nitrogen and oxygen atoms in total. The summed E-state index contributed by atoms with van der Waals surface area (Å²) in [6.45, 7) is 3.80. The maximum atomic E-state index is 6.35. The van der Waals surface area contributed by atoms with Crippen molar-refractivity contribution in [3.05, 3.63) is 33.8 Å². The van der Waals surface area contributed by atoms with Crippen molar-refractivity contribution in [3.8, 4) is 0 Å². The molecule has 1 heterocycles. The number of halogens is 1. The van der Waals surface area contributed by atoms with Crippen molar-refractivity contribution in [1.82, 2.24) is 0 Å². The van der Waals surface area contributed by atoms with Gasteiger partial charge in [-0.1, -0.05) is 34.1 Å². The Labute approximate surface area is 105 Å². The SMILES string of the molecule is Cc1cccc(C(N)C2CCOCC2)c1Br. The Bertz CT molecular complexity index is 361. The van der Waals surface area contributed by atoms with Gasteiger partial charge in [-0.3, -0.25) is 0 Å². The first-order valence-corrected chi connectivity index (χ1v) is 6.58. The van der Waals surface area contributed by atoms with Gasteiger partial charge in [-0.05, 0) is 36.8 Å². The molecule has 0 saturated carbocycles. The summed E-state index contributed by atoms with van der Waals surface area (Å²) in [5.74, 6) is 0.548. The Morgan fingerprint density at radius 3 is 2.75 bits per heavy atom. The highest BCUT2D eigenvalue weighted by atomic mass is 79.9. The Hall–Kier alpha value is -0.380. The summed E-state index contributed by atoms with van der Waals surface area (Å²) in [5.41, 5.74) is 8.83. The van der Waals surface area contributed by atoms with Gasteiger partial charge in [-0.15, -0.1) is 0 Å². The number of rotatable bonds is 2. The lowest BCUT2D eigenvalue weighted by molar-refractivity contribution is 0.0583. The molecule has 1 atom stereocenters. The Morgan fingerprint density at radius 2 is 2.06 bits per heavy atom. The van der Waals surface area contributed by atoms with Crippen molar-refractivity contribution >= 4 is 15.9 Å². The molecule has 1 aliphatic heterocycles. The second-order valence-electron chi connectivity index (χ2n) is 4.45. The summed E-state index contributed by atoms with van der Waals surface area (Å²) in [4.78, 5) is 0. The maximum absolute atomic E-state index is 6.35. The number of ether oxygens (including phenoxy) is 1. The zero-order valence-corrected chi connectivity index (χ0v) is 11.2. The first-order valence-electron chi connectivity index (χ1n) is 5.78. The first kappa shape index (κ1) is 12.1. The van der Waals surface area contributed by atoms with Crippen LogP contribution in [0.4, 0.5) is 0 Å². The third-order valence-electron chi connectivity index (χ3n) is 3.35. The first-order chi connectivity index (χ1) is 7.70. The minimum Gasteiger partial charge on any atom is -0.381 e. The molecule has 3 heteroatoms. The van der Waals surface area contributed by atoms with E-state index in [0.29, 0.717) is 5.92 Å². The maximum Gasteiger partial charge on any atom is 0.0469 e. The van der Waals surface area contributed by atoms with Crippen molar-refractivity contribution in [2.24, 2.45) is 11.7 Å². The van der Waals surface area contributed by atoms with Crippen molar-refractivity contribution in [2.75, 3.05) is 13.2 Å². The van der Waals surface area contributed by atoms with Gasteiger partial charge in [0.1, 0.15) is 0 Å². The van der Waals surface area contributed by atoms with E-state index in [9.17, 15) is 0 Å². The van der Waals surface area contributed by atoms with Crippen LogP contribution in [0, 0.1) is 12.8 Å². The third kappa shape index (κ3) is 2.47. The second kappa shape index (κ2) is 5.30. The van der Waals surface area contributed by atoms with E-state index < -0.39 is 0 Å². The highest BCUT2D eigenvalue weighted by molar-refractivity contribution is 9.10. The van der Waals surface area contributed by atoms with E-state index in [0.717, 1.165) is 30.5 Å². The van der Waals surface area contributed by atoms with E-state index in [4.69, 9.17) is 10.5 Å². The number of nitrogens with two attached hydrogens (primary N) is 1. The van der Waals surface area contributed by atoms with Crippen LogP contribution in [0.25, 0.3) is 0 Å². The predicted octanol–water partition coefficient (Wildman–Crippen LogP) is 3.18. The number of aryl methyl sites for hydroxylation is 1. The molecular formula is C13H18BrNO. The summed E-state index contributed by atoms with van der Waals surface area (Å²) in [6, 6.07) is 6.43. The van der Waals surface area contributed by atoms with Crippen LogP contribution in [0.1, 0.15) is 30.0 Å². The van der Waals surface area contributed by atoms with Gasteiger partial charge in [-0.25, -0.2) is 0 Å². The highest BCUT2D eigenvalue weighted by Gasteiger charge is 2.23. The van der Waals surface area contributed by atoms with Crippen LogP contribution >= 0.6 is 15.9 Å². The van der Waals surface area contributed by atoms with Crippen LogP contribution < -0.4 is 5.73 Å². The fourth-order valence-corrected chi connectivity index (χ4v) is 2.79. The van der Waals surface area contributed by atoms with Crippen LogP contribution in [-0.2, 0) is 4.74 Å². The molecule has 16 heavy (non-hydrogen) atoms. The van der Waals surface area contributed by atoms with Crippen molar-refractivity contribution in [3.63, 3.8) is 0 Å². The molecule has 1 fully saturated rings. The molecule has 1 aliphatic rings. The van der Waals surface area contributed by atoms with E-state index in [1.807, 2.05) is 0 Å². The Morgan fingerprint density at radius 1 is 1.38 bits per heavy atom. The predicted molar refractivity (Wildman–Crippen MR) is 69.4 cm³/mol. The average molecular weight is 284 g/mol. The Kier molecular flexibility index (Phi) is 4.00. The van der Waals surface area contributed by atoms with Crippen molar-refractivity contribution in [2.45, 2.75) is 25.8 Å². The molecular weight excluding hydrogens is 266 g/mol. The van der Waals surface area contributed by atoms with Gasteiger partial charge >= 0.3 is 0 Å². The monoisotopic (exact) mass is 283 g/mol. The van der Waals surface area contributed by atoms with E-state index in [2.05, 4.69) is 41.1 Å². The lowest BCUT2D eigenvalue weighted by Gasteiger charge is -2.28. The summed E-state index contributed by atoms with van der Waals surface area (Å²) in [5, 5.41) is 0. The number of benzene rings is 1. The van der Waals surface area contributed by atoms with Crippen LogP contribution in [0.2, 0.25) is 0 Å². The molecule has 0 bridgehead atoms. The molecule has 0 amide bonds.